The van der Waals surface area contributed by atoms with Crippen molar-refractivity contribution in [3.63, 3.8) is 0 Å². The fourth-order valence-corrected chi connectivity index (χ4v) is 3.59. The molecule has 0 bridgehead atoms. The zero-order valence-electron chi connectivity index (χ0n) is 15.4. The summed E-state index contributed by atoms with van der Waals surface area (Å²) >= 11 is 1.86. The second kappa shape index (κ2) is 9.03. The maximum Gasteiger partial charge on any atom is 0.0714 e. The zero-order valence-corrected chi connectivity index (χ0v) is 16.2. The normalized spacial score (nSPS) is 19.4. The molecule has 1 aromatic rings. The molecule has 24 heavy (non-hydrogen) atoms. The number of benzene rings is 1. The van der Waals surface area contributed by atoms with Gasteiger partial charge in [-0.15, -0.1) is 11.8 Å². The fraction of sp³-hybridized carbons (Fsp3) is 0.429. The molecule has 0 spiro atoms. The lowest BCUT2D eigenvalue weighted by Gasteiger charge is -2.17. The van der Waals surface area contributed by atoms with Crippen molar-refractivity contribution in [3.8, 4) is 0 Å². The predicted molar refractivity (Wildman–Crippen MR) is 110 cm³/mol. The monoisotopic (exact) mass is 340 g/mol. The van der Waals surface area contributed by atoms with Crippen LogP contribution in [-0.2, 0) is 0 Å². The van der Waals surface area contributed by atoms with E-state index < -0.39 is 0 Å². The highest BCUT2D eigenvalue weighted by Crippen LogP contribution is 2.27. The van der Waals surface area contributed by atoms with Crippen molar-refractivity contribution in [1.29, 1.82) is 0 Å². The Balaban J connectivity index is 2.26. The molecule has 1 atom stereocenters. The Hall–Kier alpha value is -1.61. The summed E-state index contributed by atoms with van der Waals surface area (Å²) in [5.74, 6) is 0.664. The first-order chi connectivity index (χ1) is 11.4. The van der Waals surface area contributed by atoms with Crippen LogP contribution in [0, 0.1) is 5.92 Å². The standard InChI is InChI=1S/C21H28N2S/c1-15(2)13-17(5)22-20-12-11-19(14-21(20)24-16(3)4)23-18-9-7-6-8-10-18/h6-12,14-17H,13H2,1-5H3. The number of thioether (sulfide) groups is 1. The van der Waals surface area contributed by atoms with Gasteiger partial charge >= 0.3 is 0 Å². The molecule has 0 radical (unpaired) electrons. The quantitative estimate of drug-likeness (QED) is 0.563. The Morgan fingerprint density at radius 2 is 1.67 bits per heavy atom. The van der Waals surface area contributed by atoms with Crippen LogP contribution in [0.4, 0.5) is 5.69 Å². The lowest BCUT2D eigenvalue weighted by Crippen LogP contribution is -2.12. The van der Waals surface area contributed by atoms with Gasteiger partial charge in [0.1, 0.15) is 0 Å². The molecule has 0 aliphatic heterocycles. The molecule has 0 aromatic heterocycles. The van der Waals surface area contributed by atoms with Gasteiger partial charge in [-0.3, -0.25) is 4.99 Å². The van der Waals surface area contributed by atoms with E-state index in [1.807, 2.05) is 42.1 Å². The van der Waals surface area contributed by atoms with E-state index in [9.17, 15) is 0 Å². The molecule has 0 saturated carbocycles. The van der Waals surface area contributed by atoms with Gasteiger partial charge in [0.05, 0.1) is 17.1 Å². The van der Waals surface area contributed by atoms with Crippen molar-refractivity contribution in [1.82, 2.24) is 0 Å². The summed E-state index contributed by atoms with van der Waals surface area (Å²) < 4.78 is 0. The summed E-state index contributed by atoms with van der Waals surface area (Å²) in [6.07, 6.45) is 7.46. The van der Waals surface area contributed by atoms with Gasteiger partial charge < -0.3 is 0 Å². The molecule has 1 aliphatic rings. The van der Waals surface area contributed by atoms with Crippen molar-refractivity contribution in [3.05, 3.63) is 53.5 Å². The first-order valence-electron chi connectivity index (χ1n) is 8.72. The van der Waals surface area contributed by atoms with E-state index in [0.717, 1.165) is 23.5 Å². The molecular formula is C21H28N2S. The summed E-state index contributed by atoms with van der Waals surface area (Å²) in [4.78, 5) is 10.9. The van der Waals surface area contributed by atoms with Gasteiger partial charge in [0.25, 0.3) is 0 Å². The molecule has 0 amide bonds. The Labute approximate surface area is 150 Å². The third kappa shape index (κ3) is 6.12. The van der Waals surface area contributed by atoms with E-state index in [-0.39, 0.29) is 0 Å². The molecule has 1 aliphatic carbocycles. The second-order valence-electron chi connectivity index (χ2n) is 6.87. The molecule has 0 fully saturated rings. The molecular weight excluding hydrogens is 312 g/mol. The summed E-state index contributed by atoms with van der Waals surface area (Å²) in [5.41, 5.74) is 3.06. The Morgan fingerprint density at radius 3 is 2.29 bits per heavy atom. The van der Waals surface area contributed by atoms with E-state index in [4.69, 9.17) is 9.98 Å². The Kier molecular flexibility index (Phi) is 7.04. The topological polar surface area (TPSA) is 24.7 Å². The van der Waals surface area contributed by atoms with E-state index in [2.05, 4.69) is 52.8 Å². The summed E-state index contributed by atoms with van der Waals surface area (Å²) in [6, 6.07) is 10.4. The SMILES string of the molecule is CC(C)CC(C)N=C1C=CC(=Nc2ccccc2)C=C1SC(C)C. The van der Waals surface area contributed by atoms with Gasteiger partial charge in [-0.2, -0.15) is 0 Å². The Bertz CT molecular complexity index is 652. The average molecular weight is 341 g/mol. The van der Waals surface area contributed by atoms with Gasteiger partial charge in [0.2, 0.25) is 0 Å². The molecule has 128 valence electrons. The van der Waals surface area contributed by atoms with Crippen LogP contribution >= 0.6 is 11.8 Å². The molecule has 0 N–H and O–H groups in total. The molecule has 3 heteroatoms. The smallest absolute Gasteiger partial charge is 0.0714 e. The van der Waals surface area contributed by atoms with Crippen LogP contribution in [-0.4, -0.2) is 22.7 Å². The van der Waals surface area contributed by atoms with Crippen molar-refractivity contribution in [2.45, 2.75) is 52.3 Å². The lowest BCUT2D eigenvalue weighted by molar-refractivity contribution is 0.522. The van der Waals surface area contributed by atoms with E-state index in [0.29, 0.717) is 17.2 Å². The van der Waals surface area contributed by atoms with Crippen LogP contribution in [0.3, 0.4) is 0 Å². The van der Waals surface area contributed by atoms with Crippen LogP contribution in [0.5, 0.6) is 0 Å². The van der Waals surface area contributed by atoms with Crippen molar-refractivity contribution >= 4 is 28.9 Å². The minimum Gasteiger partial charge on any atom is -0.281 e. The fourth-order valence-electron chi connectivity index (χ4n) is 2.65. The third-order valence-corrected chi connectivity index (χ3v) is 4.54. The highest BCUT2D eigenvalue weighted by Gasteiger charge is 2.14. The van der Waals surface area contributed by atoms with E-state index >= 15 is 0 Å². The van der Waals surface area contributed by atoms with Crippen LogP contribution in [0.25, 0.3) is 0 Å². The van der Waals surface area contributed by atoms with Gasteiger partial charge in [-0.05, 0) is 49.6 Å². The highest BCUT2D eigenvalue weighted by atomic mass is 32.2. The first kappa shape index (κ1) is 18.7. The maximum absolute atomic E-state index is 4.94. The van der Waals surface area contributed by atoms with Crippen molar-refractivity contribution in [2.75, 3.05) is 0 Å². The van der Waals surface area contributed by atoms with Gasteiger partial charge in [0, 0.05) is 16.2 Å². The summed E-state index contributed by atoms with van der Waals surface area (Å²) in [6.45, 7) is 11.1. The number of hydrogen-bond donors (Lipinski definition) is 0. The van der Waals surface area contributed by atoms with E-state index in [1.54, 1.807) is 0 Å². The number of hydrogen-bond acceptors (Lipinski definition) is 3. The van der Waals surface area contributed by atoms with Crippen LogP contribution in [0.2, 0.25) is 0 Å². The van der Waals surface area contributed by atoms with Gasteiger partial charge in [-0.25, -0.2) is 4.99 Å². The van der Waals surface area contributed by atoms with Crippen LogP contribution < -0.4 is 0 Å². The molecule has 1 unspecified atom stereocenters. The Morgan fingerprint density at radius 1 is 0.958 bits per heavy atom. The van der Waals surface area contributed by atoms with Crippen molar-refractivity contribution in [2.24, 2.45) is 15.9 Å². The number of aliphatic imine (C=N–C) groups is 2. The minimum absolute atomic E-state index is 0.341. The molecule has 1 aromatic carbocycles. The van der Waals surface area contributed by atoms with Gasteiger partial charge in [0.15, 0.2) is 0 Å². The van der Waals surface area contributed by atoms with E-state index in [1.165, 1.54) is 4.91 Å². The summed E-state index contributed by atoms with van der Waals surface area (Å²) in [7, 11) is 0. The highest BCUT2D eigenvalue weighted by molar-refractivity contribution is 8.04. The number of nitrogens with zero attached hydrogens (tertiary/aromatic N) is 2. The number of rotatable bonds is 6. The zero-order chi connectivity index (χ0) is 17.5. The third-order valence-electron chi connectivity index (χ3n) is 3.49. The molecule has 0 heterocycles. The average Bonchev–Trinajstić information content (AvgIpc) is 2.49. The summed E-state index contributed by atoms with van der Waals surface area (Å²) in [5, 5.41) is 0.520. The molecule has 2 rings (SSSR count). The number of para-hydroxylation sites is 1. The molecule has 2 nitrogen and oxygen atoms in total. The molecule has 0 saturated heterocycles. The second-order valence-corrected chi connectivity index (χ2v) is 8.49. The van der Waals surface area contributed by atoms with Crippen molar-refractivity contribution < 1.29 is 0 Å². The lowest BCUT2D eigenvalue weighted by atomic mass is 10.1. The largest absolute Gasteiger partial charge is 0.281 e. The number of allylic oxidation sites excluding steroid dienone is 4. The predicted octanol–water partition coefficient (Wildman–Crippen LogP) is 6.23. The van der Waals surface area contributed by atoms with Gasteiger partial charge in [-0.1, -0.05) is 45.9 Å². The maximum atomic E-state index is 4.94. The van der Waals surface area contributed by atoms with Crippen LogP contribution in [0.15, 0.2) is 63.4 Å². The van der Waals surface area contributed by atoms with Crippen LogP contribution in [0.1, 0.15) is 41.0 Å². The first-order valence-corrected chi connectivity index (χ1v) is 9.60. The minimum atomic E-state index is 0.341.